The molecule has 1 fully saturated rings. The number of amides is 2. The lowest BCUT2D eigenvalue weighted by Crippen LogP contribution is -2.50. The van der Waals surface area contributed by atoms with Gasteiger partial charge in [-0.1, -0.05) is 0 Å². The molecule has 3 rings (SSSR count). The smallest absolute Gasteiger partial charge is 0.255 e. The Kier molecular flexibility index (Phi) is 5.25. The van der Waals surface area contributed by atoms with E-state index < -0.39 is 5.82 Å². The van der Waals surface area contributed by atoms with E-state index in [0.29, 0.717) is 38.3 Å². The summed E-state index contributed by atoms with van der Waals surface area (Å²) in [7, 11) is 1.86. The number of hydrogen-bond acceptors (Lipinski definition) is 3. The maximum atomic E-state index is 14.0. The van der Waals surface area contributed by atoms with E-state index in [1.54, 1.807) is 35.1 Å². The molecule has 0 saturated carbocycles. The van der Waals surface area contributed by atoms with Gasteiger partial charge in [-0.25, -0.2) is 4.39 Å². The van der Waals surface area contributed by atoms with E-state index in [4.69, 9.17) is 4.74 Å². The van der Waals surface area contributed by atoms with Gasteiger partial charge in [0.05, 0.1) is 12.2 Å². The van der Waals surface area contributed by atoms with Crippen molar-refractivity contribution in [3.05, 3.63) is 53.6 Å². The number of nitrogens with zero attached hydrogens (tertiary/aromatic N) is 3. The van der Waals surface area contributed by atoms with Crippen LogP contribution >= 0.6 is 0 Å². The highest BCUT2D eigenvalue weighted by atomic mass is 19.1. The zero-order valence-corrected chi connectivity index (χ0v) is 14.9. The van der Waals surface area contributed by atoms with Gasteiger partial charge in [-0.2, -0.15) is 0 Å². The molecule has 0 unspecified atom stereocenters. The fourth-order valence-corrected chi connectivity index (χ4v) is 3.01. The summed E-state index contributed by atoms with van der Waals surface area (Å²) < 4.78 is 21.0. The van der Waals surface area contributed by atoms with E-state index in [-0.39, 0.29) is 23.1 Å². The molecule has 1 aromatic carbocycles. The maximum absolute atomic E-state index is 14.0. The molecule has 2 heterocycles. The average Bonchev–Trinajstić information content (AvgIpc) is 3.09. The predicted octanol–water partition coefficient (Wildman–Crippen LogP) is 2.16. The summed E-state index contributed by atoms with van der Waals surface area (Å²) in [4.78, 5) is 28.4. The molecule has 7 heteroatoms. The second-order valence-corrected chi connectivity index (χ2v) is 6.23. The second kappa shape index (κ2) is 7.59. The van der Waals surface area contributed by atoms with Crippen LogP contribution in [-0.4, -0.2) is 59.0 Å². The molecule has 0 radical (unpaired) electrons. The third-order valence-electron chi connectivity index (χ3n) is 4.41. The Morgan fingerprint density at radius 2 is 1.65 bits per heavy atom. The lowest BCUT2D eigenvalue weighted by Gasteiger charge is -2.34. The molecular formula is C19H22FN3O3. The van der Waals surface area contributed by atoms with Crippen molar-refractivity contribution in [3.63, 3.8) is 0 Å². The van der Waals surface area contributed by atoms with Crippen molar-refractivity contribution in [3.8, 4) is 5.75 Å². The third kappa shape index (κ3) is 3.71. The number of ether oxygens (including phenoxy) is 1. The Morgan fingerprint density at radius 1 is 1.04 bits per heavy atom. The molecule has 1 aromatic heterocycles. The van der Waals surface area contributed by atoms with Crippen LogP contribution in [0, 0.1) is 5.82 Å². The first-order valence-corrected chi connectivity index (χ1v) is 8.62. The van der Waals surface area contributed by atoms with E-state index in [2.05, 4.69) is 0 Å². The molecule has 1 aliphatic rings. The molecule has 138 valence electrons. The van der Waals surface area contributed by atoms with Crippen molar-refractivity contribution in [2.45, 2.75) is 6.92 Å². The standard InChI is InChI=1S/C19H22FN3O3/c1-3-26-17-5-4-14(12-16(17)20)18(24)22-8-10-23(11-9-22)19(25)15-6-7-21(2)13-15/h4-7,12-13H,3,8-11H2,1-2H3. The topological polar surface area (TPSA) is 54.8 Å². The van der Waals surface area contributed by atoms with Crippen LogP contribution in [0.4, 0.5) is 4.39 Å². The minimum Gasteiger partial charge on any atom is -0.491 e. The SMILES string of the molecule is CCOc1ccc(C(=O)N2CCN(C(=O)c3ccn(C)c3)CC2)cc1F. The zero-order valence-electron chi connectivity index (χ0n) is 14.9. The molecule has 0 bridgehead atoms. The highest BCUT2D eigenvalue weighted by Gasteiger charge is 2.26. The summed E-state index contributed by atoms with van der Waals surface area (Å²) in [5.41, 5.74) is 0.926. The van der Waals surface area contributed by atoms with Crippen LogP contribution in [0.25, 0.3) is 0 Å². The van der Waals surface area contributed by atoms with Gasteiger partial charge in [-0.15, -0.1) is 0 Å². The number of piperazine rings is 1. The van der Waals surface area contributed by atoms with Crippen LogP contribution in [0.2, 0.25) is 0 Å². The number of benzene rings is 1. The molecule has 0 N–H and O–H groups in total. The van der Waals surface area contributed by atoms with Crippen LogP contribution < -0.4 is 4.74 Å². The first-order chi connectivity index (χ1) is 12.5. The van der Waals surface area contributed by atoms with E-state index in [1.807, 2.05) is 17.8 Å². The molecule has 2 aromatic rings. The van der Waals surface area contributed by atoms with E-state index in [9.17, 15) is 14.0 Å². The lowest BCUT2D eigenvalue weighted by molar-refractivity contribution is 0.0535. The fraction of sp³-hybridized carbons (Fsp3) is 0.368. The van der Waals surface area contributed by atoms with Crippen molar-refractivity contribution in [2.75, 3.05) is 32.8 Å². The first kappa shape index (κ1) is 18.0. The molecule has 0 atom stereocenters. The molecule has 0 aliphatic carbocycles. The molecule has 6 nitrogen and oxygen atoms in total. The first-order valence-electron chi connectivity index (χ1n) is 8.62. The number of aromatic nitrogens is 1. The summed E-state index contributed by atoms with van der Waals surface area (Å²) in [5, 5.41) is 0. The highest BCUT2D eigenvalue weighted by Crippen LogP contribution is 2.20. The van der Waals surface area contributed by atoms with Crippen LogP contribution in [-0.2, 0) is 7.05 Å². The molecular weight excluding hydrogens is 337 g/mol. The summed E-state index contributed by atoms with van der Waals surface area (Å²) in [6.45, 7) is 3.90. The summed E-state index contributed by atoms with van der Waals surface area (Å²) in [6, 6.07) is 6.02. The number of aryl methyl sites for hydroxylation is 1. The number of carbonyl (C=O) groups excluding carboxylic acids is 2. The van der Waals surface area contributed by atoms with Gasteiger partial charge < -0.3 is 19.1 Å². The van der Waals surface area contributed by atoms with Gasteiger partial charge >= 0.3 is 0 Å². The molecule has 26 heavy (non-hydrogen) atoms. The van der Waals surface area contributed by atoms with Crippen LogP contribution in [0.3, 0.4) is 0 Å². The summed E-state index contributed by atoms with van der Waals surface area (Å²) in [6.07, 6.45) is 3.61. The van der Waals surface area contributed by atoms with Crippen molar-refractivity contribution in [2.24, 2.45) is 7.05 Å². The Balaban J connectivity index is 1.61. The number of halogens is 1. The van der Waals surface area contributed by atoms with E-state index in [1.165, 1.54) is 12.1 Å². The van der Waals surface area contributed by atoms with Gasteiger partial charge in [0.2, 0.25) is 0 Å². The summed E-state index contributed by atoms with van der Waals surface area (Å²) >= 11 is 0. The highest BCUT2D eigenvalue weighted by molar-refractivity contribution is 5.96. The van der Waals surface area contributed by atoms with Crippen LogP contribution in [0.5, 0.6) is 5.75 Å². The minimum atomic E-state index is -0.546. The van der Waals surface area contributed by atoms with Crippen molar-refractivity contribution in [1.82, 2.24) is 14.4 Å². The third-order valence-corrected chi connectivity index (χ3v) is 4.41. The zero-order chi connectivity index (χ0) is 18.7. The van der Waals surface area contributed by atoms with Crippen LogP contribution in [0.15, 0.2) is 36.7 Å². The quantitative estimate of drug-likeness (QED) is 0.841. The molecule has 2 amide bonds. The number of carbonyl (C=O) groups is 2. The van der Waals surface area contributed by atoms with Crippen molar-refractivity contribution in [1.29, 1.82) is 0 Å². The van der Waals surface area contributed by atoms with Gasteiger partial charge in [0.1, 0.15) is 0 Å². The average molecular weight is 359 g/mol. The van der Waals surface area contributed by atoms with Gasteiger partial charge in [-0.3, -0.25) is 9.59 Å². The molecule has 1 saturated heterocycles. The van der Waals surface area contributed by atoms with Crippen LogP contribution in [0.1, 0.15) is 27.6 Å². The normalized spacial score (nSPS) is 14.4. The number of rotatable bonds is 4. The summed E-state index contributed by atoms with van der Waals surface area (Å²) in [5.74, 6) is -0.679. The molecule has 1 aliphatic heterocycles. The van der Waals surface area contributed by atoms with E-state index in [0.717, 1.165) is 0 Å². The van der Waals surface area contributed by atoms with Crippen molar-refractivity contribution < 1.29 is 18.7 Å². The largest absolute Gasteiger partial charge is 0.491 e. The monoisotopic (exact) mass is 359 g/mol. The second-order valence-electron chi connectivity index (χ2n) is 6.23. The Bertz CT molecular complexity index is 810. The van der Waals surface area contributed by atoms with Gasteiger partial charge in [0, 0.05) is 51.2 Å². The predicted molar refractivity (Wildman–Crippen MR) is 94.8 cm³/mol. The Labute approximate surface area is 151 Å². The molecule has 0 spiro atoms. The minimum absolute atomic E-state index is 0.0372. The number of hydrogen-bond donors (Lipinski definition) is 0. The Hall–Kier alpha value is -2.83. The lowest BCUT2D eigenvalue weighted by atomic mass is 10.1. The fourth-order valence-electron chi connectivity index (χ4n) is 3.01. The van der Waals surface area contributed by atoms with Crippen molar-refractivity contribution >= 4 is 11.8 Å². The maximum Gasteiger partial charge on any atom is 0.255 e. The van der Waals surface area contributed by atoms with Gasteiger partial charge in [-0.05, 0) is 31.2 Å². The van der Waals surface area contributed by atoms with E-state index >= 15 is 0 Å². The Morgan fingerprint density at radius 3 is 2.15 bits per heavy atom. The van der Waals surface area contributed by atoms with Gasteiger partial charge in [0.25, 0.3) is 11.8 Å². The van der Waals surface area contributed by atoms with Gasteiger partial charge in [0.15, 0.2) is 11.6 Å².